The summed E-state index contributed by atoms with van der Waals surface area (Å²) in [5.74, 6) is -4.52. The van der Waals surface area contributed by atoms with Gasteiger partial charge in [0.15, 0.2) is 0 Å². The molecule has 1 aliphatic heterocycles. The van der Waals surface area contributed by atoms with Crippen LogP contribution in [0.15, 0.2) is 11.8 Å². The number of rotatable bonds is 0. The third-order valence-electron chi connectivity index (χ3n) is 1.01. The molecule has 0 aromatic rings. The lowest BCUT2D eigenvalue weighted by atomic mass is 10.3. The van der Waals surface area contributed by atoms with Crippen LogP contribution in [0.25, 0.3) is 0 Å². The second kappa shape index (κ2) is 1.52. The van der Waals surface area contributed by atoms with Crippen molar-refractivity contribution in [1.29, 1.82) is 0 Å². The van der Waals surface area contributed by atoms with Gasteiger partial charge in [-0.25, -0.2) is 0 Å². The number of carbonyl (C=O) groups is 1. The fraction of sp³-hybridized carbons (Fsp3) is 0.400. The molecule has 0 atom stereocenters. The zero-order chi connectivity index (χ0) is 7.07. The molecular formula is C5H5F2NO. The molecule has 1 heterocycles. The molecule has 2 nitrogen and oxygen atoms in total. The molecule has 1 rings (SSSR count). The van der Waals surface area contributed by atoms with Gasteiger partial charge in [0.1, 0.15) is 0 Å². The zero-order valence-electron chi connectivity index (χ0n) is 4.74. The number of hydrogen-bond donors (Lipinski definition) is 1. The van der Waals surface area contributed by atoms with Crippen LogP contribution >= 0.6 is 0 Å². The predicted molar refractivity (Wildman–Crippen MR) is 26.8 cm³/mol. The summed E-state index contributed by atoms with van der Waals surface area (Å²) in [7, 11) is 0. The summed E-state index contributed by atoms with van der Waals surface area (Å²) >= 11 is 0. The first-order valence-corrected chi connectivity index (χ1v) is 2.41. The van der Waals surface area contributed by atoms with Crippen molar-refractivity contribution in [3.63, 3.8) is 0 Å². The summed E-state index contributed by atoms with van der Waals surface area (Å²) in [6.07, 6.45) is 0.606. The summed E-state index contributed by atoms with van der Waals surface area (Å²) in [6.45, 7) is 1.42. The van der Waals surface area contributed by atoms with Crippen molar-refractivity contribution in [1.82, 2.24) is 5.32 Å². The van der Waals surface area contributed by atoms with Crippen molar-refractivity contribution in [2.75, 3.05) is 0 Å². The van der Waals surface area contributed by atoms with Gasteiger partial charge in [0.2, 0.25) is 0 Å². The van der Waals surface area contributed by atoms with Gasteiger partial charge in [0.25, 0.3) is 5.91 Å². The van der Waals surface area contributed by atoms with E-state index in [1.54, 1.807) is 0 Å². The Morgan fingerprint density at radius 2 is 2.22 bits per heavy atom. The van der Waals surface area contributed by atoms with E-state index < -0.39 is 11.8 Å². The quantitative estimate of drug-likeness (QED) is 0.516. The van der Waals surface area contributed by atoms with Gasteiger partial charge in [-0.1, -0.05) is 0 Å². The van der Waals surface area contributed by atoms with E-state index in [-0.39, 0.29) is 5.70 Å². The molecule has 9 heavy (non-hydrogen) atoms. The van der Waals surface area contributed by atoms with E-state index >= 15 is 0 Å². The number of allylic oxidation sites excluding steroid dienone is 1. The molecule has 1 N–H and O–H groups in total. The van der Waals surface area contributed by atoms with Gasteiger partial charge in [-0.2, -0.15) is 8.78 Å². The maximum Gasteiger partial charge on any atom is 0.345 e. The van der Waals surface area contributed by atoms with Crippen molar-refractivity contribution >= 4 is 5.91 Å². The molecule has 0 aliphatic carbocycles. The van der Waals surface area contributed by atoms with Gasteiger partial charge in [0.05, 0.1) is 0 Å². The minimum atomic E-state index is -3.29. The maximum absolute atomic E-state index is 12.1. The first-order chi connectivity index (χ1) is 4.02. The van der Waals surface area contributed by atoms with Gasteiger partial charge < -0.3 is 5.32 Å². The first kappa shape index (κ1) is 6.19. The van der Waals surface area contributed by atoms with E-state index in [0.29, 0.717) is 6.08 Å². The first-order valence-electron chi connectivity index (χ1n) is 2.41. The summed E-state index contributed by atoms with van der Waals surface area (Å²) in [4.78, 5) is 10.2. The Bertz CT molecular complexity index is 185. The van der Waals surface area contributed by atoms with Crippen LogP contribution < -0.4 is 5.32 Å². The fourth-order valence-electron chi connectivity index (χ4n) is 0.636. The maximum atomic E-state index is 12.1. The lowest BCUT2D eigenvalue weighted by Gasteiger charge is -1.99. The Hall–Kier alpha value is -0.930. The smallest absolute Gasteiger partial charge is 0.325 e. The Labute approximate surface area is 50.5 Å². The second-order valence-electron chi connectivity index (χ2n) is 1.90. The molecule has 0 fully saturated rings. The molecule has 0 bridgehead atoms. The average Bonchev–Trinajstić information content (AvgIpc) is 1.79. The monoisotopic (exact) mass is 133 g/mol. The minimum absolute atomic E-state index is 0.213. The van der Waals surface area contributed by atoms with Crippen LogP contribution in [0.2, 0.25) is 0 Å². The van der Waals surface area contributed by atoms with Gasteiger partial charge in [-0.15, -0.1) is 0 Å². The molecule has 1 aliphatic rings. The van der Waals surface area contributed by atoms with Crippen molar-refractivity contribution in [2.45, 2.75) is 12.8 Å². The van der Waals surface area contributed by atoms with Crippen LogP contribution in [0, 0.1) is 0 Å². The second-order valence-corrected chi connectivity index (χ2v) is 1.90. The largest absolute Gasteiger partial charge is 0.345 e. The molecule has 0 radical (unpaired) electrons. The minimum Gasteiger partial charge on any atom is -0.325 e. The Morgan fingerprint density at radius 1 is 1.67 bits per heavy atom. The summed E-state index contributed by atoms with van der Waals surface area (Å²) in [6, 6.07) is 0. The van der Waals surface area contributed by atoms with Crippen LogP contribution in [0.4, 0.5) is 8.78 Å². The van der Waals surface area contributed by atoms with Gasteiger partial charge >= 0.3 is 5.92 Å². The van der Waals surface area contributed by atoms with Crippen LogP contribution in [0.5, 0.6) is 0 Å². The Kier molecular flexibility index (Phi) is 1.05. The SMILES string of the molecule is CC1=CC(F)(F)C(=O)N1. The molecule has 1 amide bonds. The van der Waals surface area contributed by atoms with Gasteiger partial charge in [0, 0.05) is 11.8 Å². The number of nitrogens with one attached hydrogen (secondary N) is 1. The summed E-state index contributed by atoms with van der Waals surface area (Å²) in [5.41, 5.74) is 0.213. The fourth-order valence-corrected chi connectivity index (χ4v) is 0.636. The van der Waals surface area contributed by atoms with Crippen molar-refractivity contribution in [3.8, 4) is 0 Å². The van der Waals surface area contributed by atoms with Gasteiger partial charge in [-0.05, 0) is 6.92 Å². The van der Waals surface area contributed by atoms with Gasteiger partial charge in [-0.3, -0.25) is 4.79 Å². The molecule has 0 aromatic carbocycles. The number of carbonyl (C=O) groups excluding carboxylic acids is 1. The summed E-state index contributed by atoms with van der Waals surface area (Å²) < 4.78 is 24.2. The topological polar surface area (TPSA) is 29.1 Å². The van der Waals surface area contributed by atoms with Crippen LogP contribution in [0.3, 0.4) is 0 Å². The van der Waals surface area contributed by atoms with E-state index in [1.807, 2.05) is 5.32 Å². The molecule has 0 spiro atoms. The lowest BCUT2D eigenvalue weighted by molar-refractivity contribution is -0.136. The van der Waals surface area contributed by atoms with Crippen LogP contribution in [-0.4, -0.2) is 11.8 Å². The lowest BCUT2D eigenvalue weighted by Crippen LogP contribution is -2.29. The molecule has 50 valence electrons. The van der Waals surface area contributed by atoms with E-state index in [2.05, 4.69) is 0 Å². The number of hydrogen-bond acceptors (Lipinski definition) is 1. The van der Waals surface area contributed by atoms with Crippen LogP contribution in [-0.2, 0) is 4.79 Å². The standard InChI is InChI=1S/C5H5F2NO/c1-3-2-5(6,7)4(9)8-3/h2H,1H3,(H,8,9). The number of amides is 1. The highest BCUT2D eigenvalue weighted by atomic mass is 19.3. The highest BCUT2D eigenvalue weighted by Crippen LogP contribution is 2.21. The van der Waals surface area contributed by atoms with Crippen LogP contribution in [0.1, 0.15) is 6.92 Å². The van der Waals surface area contributed by atoms with Crippen molar-refractivity contribution < 1.29 is 13.6 Å². The average molecular weight is 133 g/mol. The van der Waals surface area contributed by atoms with E-state index in [1.165, 1.54) is 6.92 Å². The van der Waals surface area contributed by atoms with Crippen molar-refractivity contribution in [2.24, 2.45) is 0 Å². The normalized spacial score (nSPS) is 23.4. The Balaban J connectivity index is 2.89. The Morgan fingerprint density at radius 3 is 2.33 bits per heavy atom. The molecule has 0 saturated heterocycles. The van der Waals surface area contributed by atoms with Crippen molar-refractivity contribution in [3.05, 3.63) is 11.8 Å². The molecular weight excluding hydrogens is 128 g/mol. The zero-order valence-corrected chi connectivity index (χ0v) is 4.74. The summed E-state index contributed by atoms with van der Waals surface area (Å²) in [5, 5.41) is 1.98. The number of halogens is 2. The van der Waals surface area contributed by atoms with E-state index in [4.69, 9.17) is 0 Å². The number of alkyl halides is 2. The highest BCUT2D eigenvalue weighted by molar-refractivity contribution is 5.89. The third-order valence-corrected chi connectivity index (χ3v) is 1.01. The predicted octanol–water partition coefficient (Wildman–Crippen LogP) is 0.655. The molecule has 0 unspecified atom stereocenters. The molecule has 4 heteroatoms. The van der Waals surface area contributed by atoms with E-state index in [9.17, 15) is 13.6 Å². The molecule has 0 aromatic heterocycles. The third kappa shape index (κ3) is 0.918. The van der Waals surface area contributed by atoms with E-state index in [0.717, 1.165) is 0 Å². The highest BCUT2D eigenvalue weighted by Gasteiger charge is 2.40. The molecule has 0 saturated carbocycles.